The van der Waals surface area contributed by atoms with E-state index in [0.29, 0.717) is 6.54 Å². The van der Waals surface area contributed by atoms with E-state index in [4.69, 9.17) is 4.42 Å². The summed E-state index contributed by atoms with van der Waals surface area (Å²) in [6, 6.07) is 10.0. The van der Waals surface area contributed by atoms with Gasteiger partial charge in [0, 0.05) is 11.1 Å². The van der Waals surface area contributed by atoms with Crippen LogP contribution in [0.25, 0.3) is 11.3 Å². The molecule has 0 amide bonds. The number of rotatable bonds is 7. The first-order chi connectivity index (χ1) is 10.1. The highest BCUT2D eigenvalue weighted by molar-refractivity contribution is 5.57. The molecule has 0 fully saturated rings. The predicted octanol–water partition coefficient (Wildman–Crippen LogP) is 3.73. The van der Waals surface area contributed by atoms with E-state index in [0.717, 1.165) is 29.9 Å². The average Bonchev–Trinajstić information content (AvgIpc) is 2.99. The molecule has 114 valence electrons. The zero-order chi connectivity index (χ0) is 15.3. The summed E-state index contributed by atoms with van der Waals surface area (Å²) in [5.41, 5.74) is 0.588. The van der Waals surface area contributed by atoms with Crippen LogP contribution in [0.4, 0.5) is 4.39 Å². The maximum atomic E-state index is 12.9. The fourth-order valence-electron chi connectivity index (χ4n) is 2.30. The summed E-state index contributed by atoms with van der Waals surface area (Å²) in [5, 5.41) is 12.9. The first-order valence-corrected chi connectivity index (χ1v) is 7.33. The number of benzene rings is 1. The van der Waals surface area contributed by atoms with Gasteiger partial charge in [-0.15, -0.1) is 0 Å². The van der Waals surface area contributed by atoms with Gasteiger partial charge in [-0.3, -0.25) is 0 Å². The molecule has 2 rings (SSSR count). The SMILES string of the molecule is CCC(CC)(CO)NCc1ccc(-c2ccc(F)cc2)o1. The zero-order valence-electron chi connectivity index (χ0n) is 12.5. The van der Waals surface area contributed by atoms with Gasteiger partial charge in [-0.2, -0.15) is 0 Å². The Kier molecular flexibility index (Phi) is 5.15. The summed E-state index contributed by atoms with van der Waals surface area (Å²) in [6.45, 7) is 4.77. The third kappa shape index (κ3) is 3.71. The van der Waals surface area contributed by atoms with Crippen LogP contribution in [0.2, 0.25) is 0 Å². The molecule has 0 unspecified atom stereocenters. The molecule has 0 aliphatic heterocycles. The second-order valence-corrected chi connectivity index (χ2v) is 5.27. The fraction of sp³-hybridized carbons (Fsp3) is 0.412. The molecule has 0 saturated carbocycles. The van der Waals surface area contributed by atoms with Crippen LogP contribution in [0.3, 0.4) is 0 Å². The Balaban J connectivity index is 2.05. The van der Waals surface area contributed by atoms with Gasteiger partial charge < -0.3 is 14.8 Å². The van der Waals surface area contributed by atoms with Crippen LogP contribution < -0.4 is 5.32 Å². The summed E-state index contributed by atoms with van der Waals surface area (Å²) in [4.78, 5) is 0. The van der Waals surface area contributed by atoms with Gasteiger partial charge in [0.1, 0.15) is 17.3 Å². The van der Waals surface area contributed by atoms with Gasteiger partial charge in [0.2, 0.25) is 0 Å². The van der Waals surface area contributed by atoms with E-state index in [9.17, 15) is 9.50 Å². The lowest BCUT2D eigenvalue weighted by Crippen LogP contribution is -2.46. The third-order valence-electron chi connectivity index (χ3n) is 4.08. The minimum absolute atomic E-state index is 0.103. The number of hydrogen-bond donors (Lipinski definition) is 2. The molecule has 1 aromatic carbocycles. The molecule has 0 radical (unpaired) electrons. The monoisotopic (exact) mass is 291 g/mol. The van der Waals surface area contributed by atoms with E-state index >= 15 is 0 Å². The maximum Gasteiger partial charge on any atom is 0.134 e. The molecule has 0 atom stereocenters. The van der Waals surface area contributed by atoms with Gasteiger partial charge in [-0.05, 0) is 49.2 Å². The lowest BCUT2D eigenvalue weighted by atomic mass is 9.94. The standard InChI is InChI=1S/C17H22FNO2/c1-3-17(4-2,12-20)19-11-15-9-10-16(21-15)13-5-7-14(18)8-6-13/h5-10,19-20H,3-4,11-12H2,1-2H3. The molecular formula is C17H22FNO2. The molecule has 21 heavy (non-hydrogen) atoms. The number of aliphatic hydroxyl groups is 1. The van der Waals surface area contributed by atoms with Crippen molar-refractivity contribution >= 4 is 0 Å². The predicted molar refractivity (Wildman–Crippen MR) is 81.3 cm³/mol. The van der Waals surface area contributed by atoms with Crippen LogP contribution in [0.15, 0.2) is 40.8 Å². The molecule has 0 bridgehead atoms. The lowest BCUT2D eigenvalue weighted by molar-refractivity contribution is 0.147. The van der Waals surface area contributed by atoms with Crippen molar-refractivity contribution in [2.45, 2.75) is 38.8 Å². The Morgan fingerprint density at radius 3 is 2.33 bits per heavy atom. The lowest BCUT2D eigenvalue weighted by Gasteiger charge is -2.30. The number of halogens is 1. The van der Waals surface area contributed by atoms with Gasteiger partial charge in [0.15, 0.2) is 0 Å². The molecule has 1 aromatic heterocycles. The Hall–Kier alpha value is -1.65. The number of nitrogens with one attached hydrogen (secondary N) is 1. The maximum absolute atomic E-state index is 12.9. The number of furan rings is 1. The number of aliphatic hydroxyl groups excluding tert-OH is 1. The van der Waals surface area contributed by atoms with Gasteiger partial charge >= 0.3 is 0 Å². The summed E-state index contributed by atoms with van der Waals surface area (Å²) >= 11 is 0. The smallest absolute Gasteiger partial charge is 0.134 e. The molecule has 3 nitrogen and oxygen atoms in total. The molecule has 1 heterocycles. The highest BCUT2D eigenvalue weighted by atomic mass is 19.1. The second-order valence-electron chi connectivity index (χ2n) is 5.27. The minimum Gasteiger partial charge on any atom is -0.460 e. The van der Waals surface area contributed by atoms with Crippen LogP contribution in [0.5, 0.6) is 0 Å². The van der Waals surface area contributed by atoms with Crippen LogP contribution in [0.1, 0.15) is 32.4 Å². The average molecular weight is 291 g/mol. The van der Waals surface area contributed by atoms with Crippen molar-refractivity contribution in [1.82, 2.24) is 5.32 Å². The molecular weight excluding hydrogens is 269 g/mol. The summed E-state index contributed by atoms with van der Waals surface area (Å²) in [7, 11) is 0. The van der Waals surface area contributed by atoms with Crippen molar-refractivity contribution in [1.29, 1.82) is 0 Å². The Morgan fingerprint density at radius 2 is 1.76 bits per heavy atom. The molecule has 0 spiro atoms. The third-order valence-corrected chi connectivity index (χ3v) is 4.08. The zero-order valence-corrected chi connectivity index (χ0v) is 12.5. The normalized spacial score (nSPS) is 11.8. The molecule has 2 aromatic rings. The van der Waals surface area contributed by atoms with Gasteiger partial charge in [-0.25, -0.2) is 4.39 Å². The van der Waals surface area contributed by atoms with Gasteiger partial charge in [0.25, 0.3) is 0 Å². The van der Waals surface area contributed by atoms with Gasteiger partial charge in [0.05, 0.1) is 13.2 Å². The number of hydrogen-bond acceptors (Lipinski definition) is 3. The first kappa shape index (κ1) is 15.7. The Bertz CT molecular complexity index is 550. The van der Waals surface area contributed by atoms with Crippen molar-refractivity contribution in [2.75, 3.05) is 6.61 Å². The van der Waals surface area contributed by atoms with E-state index in [1.165, 1.54) is 12.1 Å². The van der Waals surface area contributed by atoms with Crippen molar-refractivity contribution in [3.8, 4) is 11.3 Å². The highest BCUT2D eigenvalue weighted by Gasteiger charge is 2.24. The molecule has 4 heteroatoms. The van der Waals surface area contributed by atoms with E-state index in [1.54, 1.807) is 12.1 Å². The quantitative estimate of drug-likeness (QED) is 0.817. The molecule has 2 N–H and O–H groups in total. The Labute approximate surface area is 124 Å². The largest absolute Gasteiger partial charge is 0.460 e. The van der Waals surface area contributed by atoms with Crippen LogP contribution in [0, 0.1) is 5.82 Å². The van der Waals surface area contributed by atoms with E-state index in [-0.39, 0.29) is 18.0 Å². The van der Waals surface area contributed by atoms with Crippen LogP contribution in [-0.4, -0.2) is 17.3 Å². The Morgan fingerprint density at radius 1 is 1.10 bits per heavy atom. The summed E-state index contributed by atoms with van der Waals surface area (Å²) in [6.07, 6.45) is 1.71. The van der Waals surface area contributed by atoms with Crippen LogP contribution in [-0.2, 0) is 6.54 Å². The molecule has 0 aliphatic rings. The van der Waals surface area contributed by atoms with E-state index in [1.807, 2.05) is 12.1 Å². The fourth-order valence-corrected chi connectivity index (χ4v) is 2.30. The van der Waals surface area contributed by atoms with Crippen LogP contribution >= 0.6 is 0 Å². The van der Waals surface area contributed by atoms with Crippen molar-refractivity contribution < 1.29 is 13.9 Å². The summed E-state index contributed by atoms with van der Waals surface area (Å²) in [5.74, 6) is 1.26. The van der Waals surface area contributed by atoms with Crippen molar-refractivity contribution in [3.05, 3.63) is 48.0 Å². The van der Waals surface area contributed by atoms with Crippen molar-refractivity contribution in [3.63, 3.8) is 0 Å². The minimum atomic E-state index is -0.261. The summed E-state index contributed by atoms with van der Waals surface area (Å²) < 4.78 is 18.7. The van der Waals surface area contributed by atoms with E-state index in [2.05, 4.69) is 19.2 Å². The molecule has 0 saturated heterocycles. The van der Waals surface area contributed by atoms with Crippen molar-refractivity contribution in [2.24, 2.45) is 0 Å². The highest BCUT2D eigenvalue weighted by Crippen LogP contribution is 2.23. The van der Waals surface area contributed by atoms with Gasteiger partial charge in [-0.1, -0.05) is 13.8 Å². The second kappa shape index (κ2) is 6.87. The topological polar surface area (TPSA) is 45.4 Å². The molecule has 0 aliphatic carbocycles. The van der Waals surface area contributed by atoms with E-state index < -0.39 is 0 Å². The first-order valence-electron chi connectivity index (χ1n) is 7.33.